The molecule has 0 bridgehead atoms. The maximum atomic E-state index is 13.9. The molecule has 3 heterocycles. The SMILES string of the molecule is CC(=O)c1ccc(-c2cc(C(=O)N3CCN(C4CCN(C(=O)c5ccccc5)CC4)CC3)cc(-c3ccc(C(C)=O)cc3)n2)cc1. The number of carbonyl (C=O) groups excluding carboxylic acids is 4. The molecule has 0 radical (unpaired) electrons. The van der Waals surface area contributed by atoms with Crippen LogP contribution in [0.4, 0.5) is 0 Å². The van der Waals surface area contributed by atoms with E-state index in [0.29, 0.717) is 47.2 Å². The summed E-state index contributed by atoms with van der Waals surface area (Å²) in [7, 11) is 0. The minimum Gasteiger partial charge on any atom is -0.339 e. The van der Waals surface area contributed by atoms with Crippen LogP contribution in [-0.2, 0) is 0 Å². The highest BCUT2D eigenvalue weighted by molar-refractivity contribution is 5.98. The first-order valence-electron chi connectivity index (χ1n) is 15.9. The molecule has 8 heteroatoms. The third kappa shape index (κ3) is 6.82. The van der Waals surface area contributed by atoms with Gasteiger partial charge < -0.3 is 9.80 Å². The summed E-state index contributed by atoms with van der Waals surface area (Å²) in [5, 5.41) is 0. The van der Waals surface area contributed by atoms with Gasteiger partial charge in [0.05, 0.1) is 11.4 Å². The fraction of sp³-hybridized carbons (Fsp3) is 0.289. The molecule has 3 aromatic carbocycles. The molecular formula is C38H38N4O4. The molecule has 2 aliphatic heterocycles. The Hall–Kier alpha value is -4.95. The van der Waals surface area contributed by atoms with Gasteiger partial charge in [-0.2, -0.15) is 0 Å². The molecule has 2 aliphatic rings. The monoisotopic (exact) mass is 614 g/mol. The van der Waals surface area contributed by atoms with Gasteiger partial charge in [-0.3, -0.25) is 24.1 Å². The zero-order valence-electron chi connectivity index (χ0n) is 26.3. The number of carbonyl (C=O) groups is 4. The third-order valence-corrected chi connectivity index (χ3v) is 9.14. The van der Waals surface area contributed by atoms with Crippen LogP contribution in [0.5, 0.6) is 0 Å². The number of benzene rings is 3. The van der Waals surface area contributed by atoms with E-state index >= 15 is 0 Å². The van der Waals surface area contributed by atoms with Crippen LogP contribution in [0, 0.1) is 0 Å². The van der Waals surface area contributed by atoms with Gasteiger partial charge in [-0.15, -0.1) is 0 Å². The smallest absolute Gasteiger partial charge is 0.254 e. The Morgan fingerprint density at radius 3 is 1.48 bits per heavy atom. The lowest BCUT2D eigenvalue weighted by atomic mass is 10.0. The van der Waals surface area contributed by atoms with E-state index in [0.717, 1.165) is 55.7 Å². The van der Waals surface area contributed by atoms with Crippen LogP contribution in [0.15, 0.2) is 91.0 Å². The summed E-state index contributed by atoms with van der Waals surface area (Å²) in [5.41, 5.74) is 5.41. The molecule has 0 N–H and O–H groups in total. The van der Waals surface area contributed by atoms with Crippen LogP contribution in [0.1, 0.15) is 68.1 Å². The second kappa shape index (κ2) is 13.6. The van der Waals surface area contributed by atoms with Crippen LogP contribution in [-0.4, -0.2) is 88.4 Å². The number of amides is 2. The Kier molecular flexibility index (Phi) is 9.17. The van der Waals surface area contributed by atoms with Gasteiger partial charge in [0.15, 0.2) is 11.6 Å². The van der Waals surface area contributed by atoms with Crippen molar-refractivity contribution in [2.45, 2.75) is 32.7 Å². The molecule has 1 aromatic heterocycles. The molecule has 0 saturated carbocycles. The van der Waals surface area contributed by atoms with E-state index in [1.54, 1.807) is 24.3 Å². The first-order valence-corrected chi connectivity index (χ1v) is 15.9. The van der Waals surface area contributed by atoms with Crippen LogP contribution in [0.25, 0.3) is 22.5 Å². The standard InChI is InChI=1S/C38H38N4O4/c1-26(43)28-8-12-30(13-9-28)35-24-33(25-36(39-35)31-14-10-29(11-15-31)27(2)44)38(46)42-22-20-40(21-23-42)34-16-18-41(19-17-34)37(45)32-6-4-3-5-7-32/h3-15,24-25,34H,16-23H2,1-2H3. The first-order chi connectivity index (χ1) is 22.3. The summed E-state index contributed by atoms with van der Waals surface area (Å²) in [6, 6.07) is 28.0. The van der Waals surface area contributed by atoms with Gasteiger partial charge in [0, 0.05) is 78.7 Å². The highest BCUT2D eigenvalue weighted by atomic mass is 16.2. The lowest BCUT2D eigenvalue weighted by molar-refractivity contribution is 0.0412. The zero-order valence-corrected chi connectivity index (χ0v) is 26.3. The van der Waals surface area contributed by atoms with Crippen molar-refractivity contribution in [2.75, 3.05) is 39.3 Å². The van der Waals surface area contributed by atoms with Crippen molar-refractivity contribution in [3.8, 4) is 22.5 Å². The highest BCUT2D eigenvalue weighted by Gasteiger charge is 2.31. The van der Waals surface area contributed by atoms with Gasteiger partial charge >= 0.3 is 0 Å². The van der Waals surface area contributed by atoms with Gasteiger partial charge in [0.1, 0.15) is 0 Å². The topological polar surface area (TPSA) is 90.9 Å². The molecule has 46 heavy (non-hydrogen) atoms. The summed E-state index contributed by atoms with van der Waals surface area (Å²) in [6.07, 6.45) is 1.85. The number of piperidine rings is 1. The molecule has 4 aromatic rings. The summed E-state index contributed by atoms with van der Waals surface area (Å²) in [6.45, 7) is 7.35. The molecule has 2 saturated heterocycles. The van der Waals surface area contributed by atoms with Crippen LogP contribution in [0.2, 0.25) is 0 Å². The van der Waals surface area contributed by atoms with E-state index in [2.05, 4.69) is 4.90 Å². The summed E-state index contributed by atoms with van der Waals surface area (Å²) >= 11 is 0. The van der Waals surface area contributed by atoms with Crippen molar-refractivity contribution >= 4 is 23.4 Å². The number of rotatable bonds is 7. The fourth-order valence-corrected chi connectivity index (χ4v) is 6.37. The summed E-state index contributed by atoms with van der Waals surface area (Å²) < 4.78 is 0. The van der Waals surface area contributed by atoms with Crippen molar-refractivity contribution in [3.63, 3.8) is 0 Å². The second-order valence-corrected chi connectivity index (χ2v) is 12.1. The van der Waals surface area contributed by atoms with Crippen molar-refractivity contribution in [2.24, 2.45) is 0 Å². The minimum atomic E-state index is -0.0476. The Balaban J connectivity index is 1.16. The van der Waals surface area contributed by atoms with Gasteiger partial charge in [-0.05, 0) is 51.0 Å². The number of hydrogen-bond donors (Lipinski definition) is 0. The van der Waals surface area contributed by atoms with E-state index < -0.39 is 0 Å². The van der Waals surface area contributed by atoms with E-state index in [4.69, 9.17) is 4.98 Å². The van der Waals surface area contributed by atoms with Crippen LogP contribution in [0.3, 0.4) is 0 Å². The molecule has 2 fully saturated rings. The maximum absolute atomic E-state index is 13.9. The van der Waals surface area contributed by atoms with Gasteiger partial charge in [0.2, 0.25) is 0 Å². The Morgan fingerprint density at radius 1 is 0.543 bits per heavy atom. The summed E-state index contributed by atoms with van der Waals surface area (Å²) in [5.74, 6) is 0.0174. The number of nitrogens with zero attached hydrogens (tertiary/aromatic N) is 4. The van der Waals surface area contributed by atoms with Crippen molar-refractivity contribution in [1.82, 2.24) is 19.7 Å². The molecule has 0 unspecified atom stereocenters. The maximum Gasteiger partial charge on any atom is 0.254 e. The van der Waals surface area contributed by atoms with E-state index in [1.807, 2.05) is 76.5 Å². The number of likely N-dealkylation sites (tertiary alicyclic amines) is 1. The molecule has 0 spiro atoms. The van der Waals surface area contributed by atoms with Crippen molar-refractivity contribution < 1.29 is 19.2 Å². The molecule has 6 rings (SSSR count). The van der Waals surface area contributed by atoms with Crippen molar-refractivity contribution in [1.29, 1.82) is 0 Å². The first kappa shape index (κ1) is 31.0. The Morgan fingerprint density at radius 2 is 1.00 bits per heavy atom. The second-order valence-electron chi connectivity index (χ2n) is 12.1. The lowest BCUT2D eigenvalue weighted by Gasteiger charge is -2.42. The fourth-order valence-electron chi connectivity index (χ4n) is 6.37. The molecule has 0 atom stereocenters. The normalized spacial score (nSPS) is 15.9. The Bertz CT molecular complexity index is 1660. The molecule has 0 aliphatic carbocycles. The number of pyridine rings is 1. The number of ketones is 2. The Labute approximate surface area is 269 Å². The lowest BCUT2D eigenvalue weighted by Crippen LogP contribution is -2.54. The predicted molar refractivity (Wildman–Crippen MR) is 178 cm³/mol. The van der Waals surface area contributed by atoms with Gasteiger partial charge in [-0.1, -0.05) is 66.7 Å². The third-order valence-electron chi connectivity index (χ3n) is 9.14. The number of piperazine rings is 1. The summed E-state index contributed by atoms with van der Waals surface area (Å²) in [4.78, 5) is 61.7. The largest absolute Gasteiger partial charge is 0.339 e. The number of hydrogen-bond acceptors (Lipinski definition) is 6. The van der Waals surface area contributed by atoms with Crippen LogP contribution >= 0.6 is 0 Å². The molecular weight excluding hydrogens is 576 g/mol. The van der Waals surface area contributed by atoms with Gasteiger partial charge in [0.25, 0.3) is 11.8 Å². The van der Waals surface area contributed by atoms with Gasteiger partial charge in [-0.25, -0.2) is 4.98 Å². The quantitative estimate of drug-likeness (QED) is 0.242. The number of aromatic nitrogens is 1. The zero-order chi connectivity index (χ0) is 32.2. The number of Topliss-reactive ketones (excluding diaryl/α,β-unsaturated/α-hetero) is 2. The highest BCUT2D eigenvalue weighted by Crippen LogP contribution is 2.27. The van der Waals surface area contributed by atoms with Crippen molar-refractivity contribution in [3.05, 3.63) is 113 Å². The predicted octanol–water partition coefficient (Wildman–Crippen LogP) is 5.88. The average molecular weight is 615 g/mol. The molecule has 234 valence electrons. The molecule has 2 amide bonds. The molecule has 8 nitrogen and oxygen atoms in total. The van der Waals surface area contributed by atoms with Crippen LogP contribution < -0.4 is 0 Å². The van der Waals surface area contributed by atoms with E-state index in [1.165, 1.54) is 13.8 Å². The van der Waals surface area contributed by atoms with E-state index in [9.17, 15) is 19.2 Å². The van der Waals surface area contributed by atoms with E-state index in [-0.39, 0.29) is 23.4 Å². The minimum absolute atomic E-state index is 0.0138. The average Bonchev–Trinajstić information content (AvgIpc) is 3.11.